The van der Waals surface area contributed by atoms with E-state index < -0.39 is 42.2 Å². The predicted molar refractivity (Wildman–Crippen MR) is 78.9 cm³/mol. The summed E-state index contributed by atoms with van der Waals surface area (Å²) >= 11 is 0. The molecule has 128 valence electrons. The molecular formula is C13H14N4O7. The van der Waals surface area contributed by atoms with Crippen LogP contribution in [0.2, 0.25) is 0 Å². The maximum atomic E-state index is 12.5. The highest BCUT2D eigenvalue weighted by molar-refractivity contribution is 6.15. The van der Waals surface area contributed by atoms with E-state index in [1.54, 1.807) is 6.07 Å². The summed E-state index contributed by atoms with van der Waals surface area (Å²) in [5.41, 5.74) is 15.2. The van der Waals surface area contributed by atoms with E-state index in [1.807, 2.05) is 0 Å². The van der Waals surface area contributed by atoms with Gasteiger partial charge in [-0.1, -0.05) is 17.3 Å². The fourth-order valence-corrected chi connectivity index (χ4v) is 1.79. The number of oxime groups is 1. The monoisotopic (exact) mass is 338 g/mol. The molecule has 0 aliphatic carbocycles. The Bertz CT molecular complexity index is 701. The van der Waals surface area contributed by atoms with Gasteiger partial charge in [0.05, 0.1) is 6.42 Å². The highest BCUT2D eigenvalue weighted by Gasteiger charge is 2.33. The molecule has 0 saturated heterocycles. The summed E-state index contributed by atoms with van der Waals surface area (Å²) in [4.78, 5) is 45.6. The van der Waals surface area contributed by atoms with Crippen molar-refractivity contribution in [3.8, 4) is 0 Å². The summed E-state index contributed by atoms with van der Waals surface area (Å²) in [7, 11) is 0. The van der Waals surface area contributed by atoms with Crippen LogP contribution in [0.25, 0.3) is 0 Å². The molecule has 0 aromatic heterocycles. The minimum atomic E-state index is -1.63. The Morgan fingerprint density at radius 2 is 1.67 bits per heavy atom. The highest BCUT2D eigenvalue weighted by atomic mass is 16.6. The van der Waals surface area contributed by atoms with E-state index in [9.17, 15) is 19.2 Å². The first-order valence-electron chi connectivity index (χ1n) is 6.34. The molecule has 1 atom stereocenters. The van der Waals surface area contributed by atoms with Crippen LogP contribution >= 0.6 is 0 Å². The minimum absolute atomic E-state index is 0.0383. The SMILES string of the molecule is NC(=O)OC(=O)CC(C(=O)c1ccccc1N)/C(=N/O)OC(N)=O. The van der Waals surface area contributed by atoms with Gasteiger partial charge in [0.2, 0.25) is 5.90 Å². The fourth-order valence-electron chi connectivity index (χ4n) is 1.79. The van der Waals surface area contributed by atoms with Crippen molar-refractivity contribution < 1.29 is 33.9 Å². The molecule has 2 amide bonds. The van der Waals surface area contributed by atoms with Crippen LogP contribution in [0.1, 0.15) is 16.8 Å². The Kier molecular flexibility index (Phi) is 6.23. The van der Waals surface area contributed by atoms with Crippen molar-refractivity contribution in [3.63, 3.8) is 0 Å². The quantitative estimate of drug-likeness (QED) is 0.0837. The third-order valence-corrected chi connectivity index (χ3v) is 2.73. The molecule has 0 fully saturated rings. The minimum Gasteiger partial charge on any atom is -0.408 e. The number of hydrogen-bond acceptors (Lipinski definition) is 9. The van der Waals surface area contributed by atoms with E-state index in [0.717, 1.165) is 0 Å². The Morgan fingerprint density at radius 3 is 2.17 bits per heavy atom. The van der Waals surface area contributed by atoms with Crippen LogP contribution in [0.15, 0.2) is 29.4 Å². The normalized spacial score (nSPS) is 12.1. The molecule has 0 heterocycles. The van der Waals surface area contributed by atoms with E-state index >= 15 is 0 Å². The van der Waals surface area contributed by atoms with Crippen molar-refractivity contribution in [1.29, 1.82) is 0 Å². The Hall–Kier alpha value is -3.63. The van der Waals surface area contributed by atoms with Gasteiger partial charge in [-0.15, -0.1) is 0 Å². The second-order valence-corrected chi connectivity index (χ2v) is 4.36. The van der Waals surface area contributed by atoms with Gasteiger partial charge in [0.1, 0.15) is 5.92 Å². The molecule has 1 aromatic rings. The van der Waals surface area contributed by atoms with Crippen LogP contribution in [0, 0.1) is 5.92 Å². The number of nitrogen functional groups attached to an aromatic ring is 1. The predicted octanol–water partition coefficient (Wildman–Crippen LogP) is -0.0373. The van der Waals surface area contributed by atoms with Crippen molar-refractivity contribution in [3.05, 3.63) is 29.8 Å². The van der Waals surface area contributed by atoms with Gasteiger partial charge in [-0.05, 0) is 12.1 Å². The Labute approximate surface area is 135 Å². The molecule has 1 rings (SSSR count). The standard InChI is InChI=1S/C13H14N4O7/c14-8-4-2-1-3-6(8)10(19)7(5-9(18)23-12(15)20)11(17-22)24-13(16)21/h1-4,7,22H,5,14H2,(H2,15,20)(H2,16,21)/b17-11-. The number of carbonyl (C=O) groups is 4. The first-order chi connectivity index (χ1) is 11.3. The van der Waals surface area contributed by atoms with Gasteiger partial charge in [-0.25, -0.2) is 9.59 Å². The number of para-hydroxylation sites is 1. The largest absolute Gasteiger partial charge is 0.412 e. The maximum absolute atomic E-state index is 12.5. The summed E-state index contributed by atoms with van der Waals surface area (Å²) in [6, 6.07) is 5.80. The maximum Gasteiger partial charge on any atom is 0.412 e. The number of ketones is 1. The third kappa shape index (κ3) is 4.98. The van der Waals surface area contributed by atoms with Gasteiger partial charge in [0.25, 0.3) is 0 Å². The zero-order valence-electron chi connectivity index (χ0n) is 12.2. The lowest BCUT2D eigenvalue weighted by atomic mass is 9.93. The molecule has 11 heteroatoms. The molecule has 0 spiro atoms. The molecule has 0 bridgehead atoms. The van der Waals surface area contributed by atoms with Crippen LogP contribution in [-0.2, 0) is 14.3 Å². The first-order valence-corrected chi connectivity index (χ1v) is 6.34. The number of Topliss-reactive ketones (excluding diaryl/α,β-unsaturated/α-hetero) is 1. The summed E-state index contributed by atoms with van der Waals surface area (Å²) in [5.74, 6) is -4.54. The van der Waals surface area contributed by atoms with Gasteiger partial charge in [-0.2, -0.15) is 0 Å². The van der Waals surface area contributed by atoms with Crippen molar-refractivity contribution >= 4 is 35.5 Å². The number of carbonyl (C=O) groups excluding carboxylic acids is 4. The van der Waals surface area contributed by atoms with Crippen LogP contribution in [0.3, 0.4) is 0 Å². The van der Waals surface area contributed by atoms with Gasteiger partial charge in [0.15, 0.2) is 5.78 Å². The van der Waals surface area contributed by atoms with Gasteiger partial charge >= 0.3 is 18.2 Å². The van der Waals surface area contributed by atoms with Gasteiger partial charge in [-0.3, -0.25) is 9.59 Å². The van der Waals surface area contributed by atoms with Crippen LogP contribution < -0.4 is 17.2 Å². The van der Waals surface area contributed by atoms with E-state index in [1.165, 1.54) is 18.2 Å². The van der Waals surface area contributed by atoms with E-state index in [4.69, 9.17) is 22.4 Å². The molecular weight excluding hydrogens is 324 g/mol. The number of nitrogens with zero attached hydrogens (tertiary/aromatic N) is 1. The Balaban J connectivity index is 3.19. The number of benzene rings is 1. The third-order valence-electron chi connectivity index (χ3n) is 2.73. The summed E-state index contributed by atoms with van der Waals surface area (Å²) in [5, 5.41) is 11.6. The van der Waals surface area contributed by atoms with Crippen LogP contribution in [0.5, 0.6) is 0 Å². The molecule has 1 unspecified atom stereocenters. The number of rotatable bonds is 5. The molecule has 0 radical (unpaired) electrons. The fraction of sp³-hybridized carbons (Fsp3) is 0.154. The average molecular weight is 338 g/mol. The topological polar surface area (TPSA) is 197 Å². The molecule has 0 aliphatic heterocycles. The second-order valence-electron chi connectivity index (χ2n) is 4.36. The van der Waals surface area contributed by atoms with Crippen LogP contribution in [-0.4, -0.2) is 35.0 Å². The number of anilines is 1. The lowest BCUT2D eigenvalue weighted by Gasteiger charge is -2.16. The van der Waals surface area contributed by atoms with Crippen molar-refractivity contribution in [2.75, 3.05) is 5.73 Å². The second kappa shape index (κ2) is 8.12. The van der Waals surface area contributed by atoms with Gasteiger partial charge in [0, 0.05) is 11.3 Å². The average Bonchev–Trinajstić information content (AvgIpc) is 2.49. The molecule has 0 aliphatic rings. The van der Waals surface area contributed by atoms with E-state index in [-0.39, 0.29) is 11.3 Å². The molecule has 0 saturated carbocycles. The molecule has 11 nitrogen and oxygen atoms in total. The summed E-state index contributed by atoms with van der Waals surface area (Å²) < 4.78 is 8.51. The van der Waals surface area contributed by atoms with Gasteiger partial charge < -0.3 is 31.9 Å². The van der Waals surface area contributed by atoms with Crippen molar-refractivity contribution in [2.24, 2.45) is 22.5 Å². The highest BCUT2D eigenvalue weighted by Crippen LogP contribution is 2.20. The number of primary amides is 2. The van der Waals surface area contributed by atoms with Crippen molar-refractivity contribution in [2.45, 2.75) is 6.42 Å². The number of nitrogens with two attached hydrogens (primary N) is 3. The lowest BCUT2D eigenvalue weighted by molar-refractivity contribution is -0.137. The van der Waals surface area contributed by atoms with Crippen LogP contribution in [0.4, 0.5) is 15.3 Å². The molecule has 7 N–H and O–H groups in total. The summed E-state index contributed by atoms with van der Waals surface area (Å²) in [6.45, 7) is 0. The van der Waals surface area contributed by atoms with E-state index in [2.05, 4.69) is 14.6 Å². The summed E-state index contributed by atoms with van der Waals surface area (Å²) in [6.07, 6.45) is -3.60. The smallest absolute Gasteiger partial charge is 0.408 e. The Morgan fingerprint density at radius 1 is 1.08 bits per heavy atom. The number of ether oxygens (including phenoxy) is 2. The van der Waals surface area contributed by atoms with Crippen molar-refractivity contribution in [1.82, 2.24) is 0 Å². The number of amides is 2. The zero-order chi connectivity index (χ0) is 18.3. The zero-order valence-corrected chi connectivity index (χ0v) is 12.2. The van der Waals surface area contributed by atoms with E-state index in [0.29, 0.717) is 0 Å². The number of esters is 1. The lowest BCUT2D eigenvalue weighted by Crippen LogP contribution is -2.33. The number of hydrogen-bond donors (Lipinski definition) is 4. The first kappa shape index (κ1) is 18.4. The molecule has 1 aromatic carbocycles. The molecule has 24 heavy (non-hydrogen) atoms.